The standard InChI is InChI=1S/C18H36.C3H9N/c1-3-5-7-9-11-13-15-17-18-16-14-12-10-8-6-4-2;1-4(2)3/h17-18H,3-16H2,1-2H3;1-3H3/b18-17-;. The van der Waals surface area contributed by atoms with Crippen molar-refractivity contribution in [2.75, 3.05) is 21.1 Å². The predicted molar refractivity (Wildman–Crippen MR) is 105 cm³/mol. The monoisotopic (exact) mass is 311 g/mol. The molecule has 0 N–H and O–H groups in total. The van der Waals surface area contributed by atoms with E-state index in [4.69, 9.17) is 0 Å². The zero-order valence-corrected chi connectivity index (χ0v) is 16.5. The minimum absolute atomic E-state index is 1.31. The van der Waals surface area contributed by atoms with Gasteiger partial charge in [-0.25, -0.2) is 0 Å². The normalized spacial score (nSPS) is 11.0. The molecule has 0 aliphatic carbocycles. The van der Waals surface area contributed by atoms with E-state index in [2.05, 4.69) is 26.0 Å². The second kappa shape index (κ2) is 23.0. The number of nitrogens with zero attached hydrogens (tertiary/aromatic N) is 1. The number of hydrogen-bond acceptors (Lipinski definition) is 1. The molecule has 0 amide bonds. The topological polar surface area (TPSA) is 3.24 Å². The molecule has 0 radical (unpaired) electrons. The summed E-state index contributed by atoms with van der Waals surface area (Å²) >= 11 is 0. The summed E-state index contributed by atoms with van der Waals surface area (Å²) in [4.78, 5) is 2.00. The first-order valence-electron chi connectivity index (χ1n) is 9.91. The first-order valence-corrected chi connectivity index (χ1v) is 9.91. The van der Waals surface area contributed by atoms with Crippen molar-refractivity contribution in [2.45, 2.75) is 104 Å². The molecule has 1 heteroatoms. The highest BCUT2D eigenvalue weighted by molar-refractivity contribution is 4.81. The van der Waals surface area contributed by atoms with E-state index in [1.807, 2.05) is 26.0 Å². The van der Waals surface area contributed by atoms with E-state index < -0.39 is 0 Å². The van der Waals surface area contributed by atoms with E-state index in [1.54, 1.807) is 0 Å². The fourth-order valence-corrected chi connectivity index (χ4v) is 2.32. The molecule has 0 aliphatic rings. The van der Waals surface area contributed by atoms with Crippen molar-refractivity contribution in [1.82, 2.24) is 4.90 Å². The molecular weight excluding hydrogens is 266 g/mol. The van der Waals surface area contributed by atoms with Crippen LogP contribution in [0.25, 0.3) is 0 Å². The second-order valence-corrected chi connectivity index (χ2v) is 6.93. The highest BCUT2D eigenvalue weighted by Gasteiger charge is 1.89. The third kappa shape index (κ3) is 31.9. The Labute approximate surface area is 142 Å². The Hall–Kier alpha value is -0.300. The summed E-state index contributed by atoms with van der Waals surface area (Å²) in [6, 6.07) is 0. The second-order valence-electron chi connectivity index (χ2n) is 6.93. The van der Waals surface area contributed by atoms with Gasteiger partial charge in [0.2, 0.25) is 0 Å². The lowest BCUT2D eigenvalue weighted by atomic mass is 10.1. The van der Waals surface area contributed by atoms with Crippen molar-refractivity contribution >= 4 is 0 Å². The van der Waals surface area contributed by atoms with Gasteiger partial charge in [0.1, 0.15) is 0 Å². The molecule has 0 bridgehead atoms. The zero-order valence-electron chi connectivity index (χ0n) is 16.5. The summed E-state index contributed by atoms with van der Waals surface area (Å²) in [6.07, 6.45) is 24.4. The maximum absolute atomic E-state index is 2.41. The molecule has 0 aromatic heterocycles. The van der Waals surface area contributed by atoms with Gasteiger partial charge in [-0.2, -0.15) is 0 Å². The van der Waals surface area contributed by atoms with Crippen molar-refractivity contribution in [2.24, 2.45) is 0 Å². The lowest BCUT2D eigenvalue weighted by Gasteiger charge is -1.98. The molecule has 0 saturated carbocycles. The first-order chi connectivity index (χ1) is 10.6. The summed E-state index contributed by atoms with van der Waals surface area (Å²) in [5.74, 6) is 0. The minimum atomic E-state index is 1.31. The summed E-state index contributed by atoms with van der Waals surface area (Å²) < 4.78 is 0. The zero-order chi connectivity index (χ0) is 16.9. The molecule has 0 aromatic rings. The maximum Gasteiger partial charge on any atom is -0.0140 e. The Morgan fingerprint density at radius 2 is 0.773 bits per heavy atom. The van der Waals surface area contributed by atoms with Gasteiger partial charge in [-0.15, -0.1) is 0 Å². The van der Waals surface area contributed by atoms with Crippen LogP contribution in [0.1, 0.15) is 104 Å². The van der Waals surface area contributed by atoms with E-state index in [9.17, 15) is 0 Å². The van der Waals surface area contributed by atoms with Crippen LogP contribution in [-0.4, -0.2) is 26.0 Å². The van der Waals surface area contributed by atoms with Gasteiger partial charge in [-0.1, -0.05) is 90.2 Å². The van der Waals surface area contributed by atoms with Crippen molar-refractivity contribution in [3.8, 4) is 0 Å². The van der Waals surface area contributed by atoms with Crippen molar-refractivity contribution < 1.29 is 0 Å². The van der Waals surface area contributed by atoms with Gasteiger partial charge >= 0.3 is 0 Å². The summed E-state index contributed by atoms with van der Waals surface area (Å²) in [5, 5.41) is 0. The minimum Gasteiger partial charge on any atom is -0.312 e. The molecule has 0 fully saturated rings. The molecule has 0 rings (SSSR count). The Morgan fingerprint density at radius 1 is 0.500 bits per heavy atom. The van der Waals surface area contributed by atoms with Crippen LogP contribution in [0.15, 0.2) is 12.2 Å². The fourth-order valence-electron chi connectivity index (χ4n) is 2.32. The van der Waals surface area contributed by atoms with Gasteiger partial charge in [0.25, 0.3) is 0 Å². The maximum atomic E-state index is 2.41. The SMILES string of the molecule is CCCCCCCC/C=C\CCCCCCCC.CN(C)C. The average molecular weight is 312 g/mol. The third-order valence-corrected chi connectivity index (χ3v) is 3.62. The van der Waals surface area contributed by atoms with Gasteiger partial charge in [0.15, 0.2) is 0 Å². The third-order valence-electron chi connectivity index (χ3n) is 3.62. The number of allylic oxidation sites excluding steroid dienone is 2. The predicted octanol–water partition coefficient (Wildman–Crippen LogP) is 7.22. The number of hydrogen-bond donors (Lipinski definition) is 0. The number of rotatable bonds is 14. The van der Waals surface area contributed by atoms with Crippen LogP contribution >= 0.6 is 0 Å². The Bertz CT molecular complexity index is 175. The molecule has 0 unspecified atom stereocenters. The van der Waals surface area contributed by atoms with E-state index in [0.29, 0.717) is 0 Å². The molecule has 134 valence electrons. The lowest BCUT2D eigenvalue weighted by molar-refractivity contribution is 0.505. The average Bonchev–Trinajstić information content (AvgIpc) is 2.47. The van der Waals surface area contributed by atoms with Crippen molar-refractivity contribution in [3.05, 3.63) is 12.2 Å². The molecule has 0 saturated heterocycles. The Balaban J connectivity index is 0. The molecule has 0 atom stereocenters. The molecule has 0 heterocycles. The van der Waals surface area contributed by atoms with Gasteiger partial charge in [-0.3, -0.25) is 0 Å². The van der Waals surface area contributed by atoms with Gasteiger partial charge < -0.3 is 4.90 Å². The number of unbranched alkanes of at least 4 members (excludes halogenated alkanes) is 12. The largest absolute Gasteiger partial charge is 0.312 e. The lowest BCUT2D eigenvalue weighted by Crippen LogP contribution is -1.99. The van der Waals surface area contributed by atoms with Crippen LogP contribution in [0, 0.1) is 0 Å². The highest BCUT2D eigenvalue weighted by atomic mass is 15.0. The van der Waals surface area contributed by atoms with E-state index in [0.717, 1.165) is 0 Å². The van der Waals surface area contributed by atoms with Crippen LogP contribution < -0.4 is 0 Å². The quantitative estimate of drug-likeness (QED) is 0.242. The smallest absolute Gasteiger partial charge is 0.0140 e. The molecule has 0 aromatic carbocycles. The van der Waals surface area contributed by atoms with Crippen LogP contribution in [-0.2, 0) is 0 Å². The first kappa shape index (κ1) is 24.0. The molecule has 0 spiro atoms. The van der Waals surface area contributed by atoms with Crippen LogP contribution in [0.2, 0.25) is 0 Å². The Morgan fingerprint density at radius 3 is 1.09 bits per heavy atom. The molecule has 22 heavy (non-hydrogen) atoms. The summed E-state index contributed by atoms with van der Waals surface area (Å²) in [7, 11) is 6.00. The van der Waals surface area contributed by atoms with Crippen molar-refractivity contribution in [3.63, 3.8) is 0 Å². The van der Waals surface area contributed by atoms with Crippen LogP contribution in [0.5, 0.6) is 0 Å². The molecule has 1 nitrogen and oxygen atoms in total. The van der Waals surface area contributed by atoms with Crippen LogP contribution in [0.4, 0.5) is 0 Å². The van der Waals surface area contributed by atoms with Gasteiger partial charge in [0.05, 0.1) is 0 Å². The van der Waals surface area contributed by atoms with E-state index in [-0.39, 0.29) is 0 Å². The van der Waals surface area contributed by atoms with Gasteiger partial charge in [-0.05, 0) is 46.8 Å². The van der Waals surface area contributed by atoms with E-state index in [1.165, 1.54) is 89.9 Å². The molecule has 0 aliphatic heterocycles. The summed E-state index contributed by atoms with van der Waals surface area (Å²) in [5.41, 5.74) is 0. The summed E-state index contributed by atoms with van der Waals surface area (Å²) in [6.45, 7) is 4.57. The van der Waals surface area contributed by atoms with Gasteiger partial charge in [0, 0.05) is 0 Å². The van der Waals surface area contributed by atoms with Crippen LogP contribution in [0.3, 0.4) is 0 Å². The molecular formula is C21H45N. The fraction of sp³-hybridized carbons (Fsp3) is 0.905. The van der Waals surface area contributed by atoms with E-state index >= 15 is 0 Å². The Kier molecular flexibility index (Phi) is 25.0. The highest BCUT2D eigenvalue weighted by Crippen LogP contribution is 2.09. The van der Waals surface area contributed by atoms with Crippen molar-refractivity contribution in [1.29, 1.82) is 0 Å².